The number of hydrogen-bond donors (Lipinski definition) is 2. The third-order valence-electron chi connectivity index (χ3n) is 6.92. The molecule has 36 heavy (non-hydrogen) atoms. The van der Waals surface area contributed by atoms with Gasteiger partial charge in [-0.1, -0.05) is 66.7 Å². The molecule has 0 fully saturated rings. The molecule has 3 heterocycles. The Balaban J connectivity index is 1.51. The zero-order valence-electron chi connectivity index (χ0n) is 19.6. The number of imidazole rings is 1. The van der Waals surface area contributed by atoms with Crippen molar-refractivity contribution < 1.29 is 5.11 Å². The molecule has 0 atom stereocenters. The number of fused-ring (bicyclic) bond motifs is 3. The molecule has 0 saturated heterocycles. The summed E-state index contributed by atoms with van der Waals surface area (Å²) in [5.41, 5.74) is 8.39. The molecule has 4 aromatic carbocycles. The number of aryl methyl sites for hydroxylation is 1. The number of phenols is 1. The van der Waals surface area contributed by atoms with Gasteiger partial charge >= 0.3 is 0 Å². The van der Waals surface area contributed by atoms with Crippen molar-refractivity contribution in [1.29, 1.82) is 0 Å². The Kier molecular flexibility index (Phi) is 4.45. The third-order valence-corrected chi connectivity index (χ3v) is 6.92. The van der Waals surface area contributed by atoms with Crippen molar-refractivity contribution in [3.8, 4) is 39.5 Å². The number of H-pyrrole nitrogens is 1. The Labute approximate surface area is 207 Å². The van der Waals surface area contributed by atoms with E-state index in [1.165, 1.54) is 0 Å². The number of benzene rings is 4. The molecule has 2 N–H and O–H groups in total. The van der Waals surface area contributed by atoms with Crippen molar-refractivity contribution in [2.75, 3.05) is 0 Å². The molecule has 172 valence electrons. The van der Waals surface area contributed by atoms with Gasteiger partial charge in [0.05, 0.1) is 22.2 Å². The number of aromatic nitrogens is 4. The van der Waals surface area contributed by atoms with Gasteiger partial charge in [-0.05, 0) is 41.5 Å². The lowest BCUT2D eigenvalue weighted by Crippen LogP contribution is -1.93. The maximum absolute atomic E-state index is 10.7. The number of pyridine rings is 1. The Bertz CT molecular complexity index is 1910. The molecule has 0 bridgehead atoms. The first-order chi connectivity index (χ1) is 17.7. The molecule has 0 aliphatic carbocycles. The highest BCUT2D eigenvalue weighted by molar-refractivity contribution is 6.02. The van der Waals surface area contributed by atoms with Crippen molar-refractivity contribution in [2.45, 2.75) is 0 Å². The van der Waals surface area contributed by atoms with Crippen LogP contribution in [0.1, 0.15) is 0 Å². The van der Waals surface area contributed by atoms with E-state index in [1.807, 2.05) is 49.6 Å². The van der Waals surface area contributed by atoms with E-state index in [0.717, 1.165) is 61.1 Å². The first-order valence-electron chi connectivity index (χ1n) is 11.9. The lowest BCUT2D eigenvalue weighted by Gasteiger charge is -2.12. The van der Waals surface area contributed by atoms with Crippen LogP contribution in [0.15, 0.2) is 103 Å². The Hall–Kier alpha value is -4.90. The summed E-state index contributed by atoms with van der Waals surface area (Å²) in [7, 11) is 2.05. The van der Waals surface area contributed by atoms with Gasteiger partial charge in [0.2, 0.25) is 0 Å². The van der Waals surface area contributed by atoms with Crippen LogP contribution < -0.4 is 0 Å². The fourth-order valence-corrected chi connectivity index (χ4v) is 5.16. The maximum atomic E-state index is 10.7. The van der Waals surface area contributed by atoms with Crippen molar-refractivity contribution in [3.63, 3.8) is 0 Å². The van der Waals surface area contributed by atoms with Gasteiger partial charge in [0, 0.05) is 35.1 Å². The molecule has 0 aliphatic heterocycles. The number of phenolic OH excluding ortho intramolecular Hbond substituents is 1. The molecule has 5 nitrogen and oxygen atoms in total. The number of nitrogens with zero attached hydrogens (tertiary/aromatic N) is 3. The Morgan fingerprint density at radius 3 is 2.42 bits per heavy atom. The first kappa shape index (κ1) is 20.5. The van der Waals surface area contributed by atoms with Crippen LogP contribution in [0.3, 0.4) is 0 Å². The zero-order chi connectivity index (χ0) is 24.2. The third kappa shape index (κ3) is 3.03. The number of nitrogens with one attached hydrogen (secondary N) is 1. The van der Waals surface area contributed by atoms with Gasteiger partial charge in [-0.3, -0.25) is 0 Å². The second kappa shape index (κ2) is 7.82. The number of hydrogen-bond acceptors (Lipinski definition) is 3. The number of aromatic hydroxyl groups is 1. The smallest absolute Gasteiger partial charge is 0.143 e. The van der Waals surface area contributed by atoms with Crippen LogP contribution in [0.25, 0.3) is 66.6 Å². The van der Waals surface area contributed by atoms with Gasteiger partial charge in [-0.2, -0.15) is 0 Å². The minimum absolute atomic E-state index is 0.166. The van der Waals surface area contributed by atoms with Crippen LogP contribution in [0.5, 0.6) is 5.75 Å². The number of rotatable bonds is 3. The summed E-state index contributed by atoms with van der Waals surface area (Å²) in [5, 5.41) is 12.8. The Morgan fingerprint density at radius 1 is 0.722 bits per heavy atom. The van der Waals surface area contributed by atoms with E-state index in [0.29, 0.717) is 5.52 Å². The van der Waals surface area contributed by atoms with Gasteiger partial charge < -0.3 is 14.7 Å². The molecule has 0 unspecified atom stereocenters. The minimum Gasteiger partial charge on any atom is -0.506 e. The molecule has 0 amide bonds. The van der Waals surface area contributed by atoms with Crippen LogP contribution in [0.4, 0.5) is 0 Å². The molecular formula is C31H22N4O. The SMILES string of the molecule is Cn1c(-c2cccc3cc[nH]c23)nc2c(-c3cc(-c4ccccc4)c4cccc(O)c4n3)cccc21. The topological polar surface area (TPSA) is 66.7 Å². The van der Waals surface area contributed by atoms with E-state index in [4.69, 9.17) is 9.97 Å². The Morgan fingerprint density at radius 2 is 1.53 bits per heavy atom. The van der Waals surface area contributed by atoms with E-state index >= 15 is 0 Å². The molecule has 5 heteroatoms. The standard InChI is InChI=1S/C31H22N4O/c1-35-26-14-6-12-22(29(26)34-31(35)23-13-5-10-20-16-17-32-28(20)23)25-18-24(19-8-3-2-4-9-19)21-11-7-15-27(36)30(21)33-25/h2-18,32,36H,1H3. The van der Waals surface area contributed by atoms with Crippen molar-refractivity contribution in [1.82, 2.24) is 19.5 Å². The van der Waals surface area contributed by atoms with Crippen molar-refractivity contribution in [2.24, 2.45) is 7.05 Å². The average molecular weight is 467 g/mol. The predicted octanol–water partition coefficient (Wildman–Crippen LogP) is 7.31. The number of para-hydroxylation sites is 3. The maximum Gasteiger partial charge on any atom is 0.143 e. The average Bonchev–Trinajstić information content (AvgIpc) is 3.53. The van der Waals surface area contributed by atoms with Crippen LogP contribution in [0, 0.1) is 0 Å². The molecule has 0 radical (unpaired) electrons. The molecule has 3 aromatic heterocycles. The normalized spacial score (nSPS) is 11.6. The largest absolute Gasteiger partial charge is 0.506 e. The van der Waals surface area contributed by atoms with Crippen molar-refractivity contribution in [3.05, 3.63) is 103 Å². The van der Waals surface area contributed by atoms with E-state index in [2.05, 4.69) is 64.1 Å². The summed E-state index contributed by atoms with van der Waals surface area (Å²) in [6.45, 7) is 0. The molecule has 0 aliphatic rings. The van der Waals surface area contributed by atoms with E-state index < -0.39 is 0 Å². The summed E-state index contributed by atoms with van der Waals surface area (Å²) >= 11 is 0. The fraction of sp³-hybridized carbons (Fsp3) is 0.0323. The second-order valence-corrected chi connectivity index (χ2v) is 9.01. The number of aromatic amines is 1. The molecule has 7 rings (SSSR count). The van der Waals surface area contributed by atoms with Gasteiger partial charge in [-0.15, -0.1) is 0 Å². The van der Waals surface area contributed by atoms with Crippen LogP contribution in [-0.4, -0.2) is 24.6 Å². The highest BCUT2D eigenvalue weighted by atomic mass is 16.3. The summed E-state index contributed by atoms with van der Waals surface area (Å²) < 4.78 is 2.13. The molecule has 7 aromatic rings. The zero-order valence-corrected chi connectivity index (χ0v) is 19.6. The monoisotopic (exact) mass is 466 g/mol. The van der Waals surface area contributed by atoms with Crippen molar-refractivity contribution >= 4 is 32.8 Å². The lowest BCUT2D eigenvalue weighted by atomic mass is 9.97. The highest BCUT2D eigenvalue weighted by Gasteiger charge is 2.18. The van der Waals surface area contributed by atoms with Gasteiger partial charge in [-0.25, -0.2) is 9.97 Å². The fourth-order valence-electron chi connectivity index (χ4n) is 5.16. The first-order valence-corrected chi connectivity index (χ1v) is 11.9. The van der Waals surface area contributed by atoms with Gasteiger partial charge in [0.15, 0.2) is 0 Å². The van der Waals surface area contributed by atoms with Crippen LogP contribution >= 0.6 is 0 Å². The van der Waals surface area contributed by atoms with Crippen LogP contribution in [-0.2, 0) is 7.05 Å². The summed E-state index contributed by atoms with van der Waals surface area (Å²) in [6, 6.07) is 32.4. The van der Waals surface area contributed by atoms with E-state index in [1.54, 1.807) is 6.07 Å². The summed E-state index contributed by atoms with van der Waals surface area (Å²) in [6.07, 6.45) is 1.96. The van der Waals surface area contributed by atoms with E-state index in [9.17, 15) is 5.11 Å². The summed E-state index contributed by atoms with van der Waals surface area (Å²) in [4.78, 5) is 13.4. The van der Waals surface area contributed by atoms with E-state index in [-0.39, 0.29) is 5.75 Å². The predicted molar refractivity (Wildman–Crippen MR) is 146 cm³/mol. The molecule has 0 saturated carbocycles. The van der Waals surface area contributed by atoms with Gasteiger partial charge in [0.1, 0.15) is 17.1 Å². The molecular weight excluding hydrogens is 444 g/mol. The summed E-state index contributed by atoms with van der Waals surface area (Å²) in [5.74, 6) is 1.05. The lowest BCUT2D eigenvalue weighted by molar-refractivity contribution is 0.480. The quantitative estimate of drug-likeness (QED) is 0.287. The van der Waals surface area contributed by atoms with Crippen LogP contribution in [0.2, 0.25) is 0 Å². The molecule has 0 spiro atoms. The van der Waals surface area contributed by atoms with Gasteiger partial charge in [0.25, 0.3) is 0 Å². The highest BCUT2D eigenvalue weighted by Crippen LogP contribution is 2.38. The minimum atomic E-state index is 0.166. The second-order valence-electron chi connectivity index (χ2n) is 9.01.